The highest BCUT2D eigenvalue weighted by molar-refractivity contribution is 5.92. The Bertz CT molecular complexity index is 835. The predicted molar refractivity (Wildman–Crippen MR) is 92.4 cm³/mol. The smallest absolute Gasteiger partial charge is 0.345 e. The second-order valence-electron chi connectivity index (χ2n) is 7.25. The Labute approximate surface area is 146 Å². The largest absolute Gasteiger partial charge is 0.445 e. The molecule has 2 aromatic rings. The Balaban J connectivity index is 1.82. The van der Waals surface area contributed by atoms with Crippen LogP contribution in [0, 0.1) is 5.92 Å². The van der Waals surface area contributed by atoms with Crippen molar-refractivity contribution >= 4 is 5.91 Å². The van der Waals surface area contributed by atoms with Gasteiger partial charge < -0.3 is 14.3 Å². The van der Waals surface area contributed by atoms with Gasteiger partial charge in [0, 0.05) is 24.6 Å². The number of fused-ring (bicyclic) bond motifs is 1. The molecule has 7 heteroatoms. The number of carbonyl (C=O) groups excluding carboxylic acids is 1. The lowest BCUT2D eigenvalue weighted by atomic mass is 10.1. The van der Waals surface area contributed by atoms with Gasteiger partial charge in [-0.1, -0.05) is 27.7 Å². The molecule has 0 radical (unpaired) electrons. The van der Waals surface area contributed by atoms with Crippen molar-refractivity contribution in [3.8, 4) is 0 Å². The molecule has 0 saturated heterocycles. The molecule has 1 N–H and O–H groups in total. The summed E-state index contributed by atoms with van der Waals surface area (Å²) in [5, 5.41) is 0. The van der Waals surface area contributed by atoms with Gasteiger partial charge in [0.1, 0.15) is 17.1 Å². The molecule has 134 valence electrons. The minimum absolute atomic E-state index is 0.190. The van der Waals surface area contributed by atoms with Gasteiger partial charge in [-0.2, -0.15) is 4.98 Å². The van der Waals surface area contributed by atoms with E-state index < -0.39 is 5.69 Å². The molecule has 3 heterocycles. The third-order valence-corrected chi connectivity index (χ3v) is 4.17. The molecule has 0 spiro atoms. The average Bonchev–Trinajstić information content (AvgIpc) is 2.96. The Morgan fingerprint density at radius 2 is 2.08 bits per heavy atom. The second kappa shape index (κ2) is 6.82. The second-order valence-corrected chi connectivity index (χ2v) is 7.25. The number of rotatable bonds is 4. The zero-order valence-electron chi connectivity index (χ0n) is 15.1. The van der Waals surface area contributed by atoms with Gasteiger partial charge in [-0.15, -0.1) is 0 Å². The third kappa shape index (κ3) is 3.81. The zero-order valence-corrected chi connectivity index (χ0v) is 15.1. The summed E-state index contributed by atoms with van der Waals surface area (Å²) >= 11 is 0. The minimum atomic E-state index is -0.484. The summed E-state index contributed by atoms with van der Waals surface area (Å²) in [5.41, 5.74) is 1.24. The highest BCUT2D eigenvalue weighted by atomic mass is 16.4. The van der Waals surface area contributed by atoms with Gasteiger partial charge in [-0.05, 0) is 18.4 Å². The van der Waals surface area contributed by atoms with E-state index in [0.29, 0.717) is 37.7 Å². The highest BCUT2D eigenvalue weighted by Gasteiger charge is 2.27. The van der Waals surface area contributed by atoms with Crippen LogP contribution in [0.1, 0.15) is 67.1 Å². The first-order valence-electron chi connectivity index (χ1n) is 8.71. The van der Waals surface area contributed by atoms with E-state index in [4.69, 9.17) is 4.42 Å². The van der Waals surface area contributed by atoms with Gasteiger partial charge in [0.05, 0.1) is 6.54 Å². The third-order valence-electron chi connectivity index (χ3n) is 4.17. The molecule has 25 heavy (non-hydrogen) atoms. The van der Waals surface area contributed by atoms with Gasteiger partial charge >= 0.3 is 5.69 Å². The Morgan fingerprint density at radius 1 is 1.32 bits per heavy atom. The molecular formula is C18H24N4O3. The molecule has 0 aromatic carbocycles. The molecule has 0 atom stereocenters. The lowest BCUT2D eigenvalue weighted by molar-refractivity contribution is 0.0721. The predicted octanol–water partition coefficient (Wildman–Crippen LogP) is 2.28. The number of aromatic amines is 1. The Kier molecular flexibility index (Phi) is 4.74. The van der Waals surface area contributed by atoms with E-state index in [2.05, 4.69) is 28.8 Å². The molecule has 7 nitrogen and oxygen atoms in total. The fourth-order valence-electron chi connectivity index (χ4n) is 2.97. The molecule has 0 unspecified atom stereocenters. The number of carbonyl (C=O) groups is 1. The van der Waals surface area contributed by atoms with Crippen LogP contribution in [0.4, 0.5) is 0 Å². The van der Waals surface area contributed by atoms with E-state index in [0.717, 1.165) is 17.1 Å². The zero-order chi connectivity index (χ0) is 18.1. The monoisotopic (exact) mass is 344 g/mol. The van der Waals surface area contributed by atoms with Crippen LogP contribution in [0.25, 0.3) is 0 Å². The standard InChI is InChI=1S/C18H24N4O3/c1-10(2)7-12-8-13(21-18(24)19-12)17(23)22-6-5-15-14(9-22)20-16(25-15)11(3)4/h8,10-11H,5-7,9H2,1-4H3,(H,19,21,24). The summed E-state index contributed by atoms with van der Waals surface area (Å²) in [7, 11) is 0. The highest BCUT2D eigenvalue weighted by Crippen LogP contribution is 2.24. The molecule has 2 aromatic heterocycles. The summed E-state index contributed by atoms with van der Waals surface area (Å²) in [6.07, 6.45) is 1.33. The van der Waals surface area contributed by atoms with Crippen LogP contribution in [0.2, 0.25) is 0 Å². The van der Waals surface area contributed by atoms with Gasteiger partial charge in [0.15, 0.2) is 5.89 Å². The van der Waals surface area contributed by atoms with Gasteiger partial charge in [-0.3, -0.25) is 4.79 Å². The quantitative estimate of drug-likeness (QED) is 0.918. The summed E-state index contributed by atoms with van der Waals surface area (Å²) in [6, 6.07) is 1.68. The molecule has 1 amide bonds. The first-order valence-corrected chi connectivity index (χ1v) is 8.71. The average molecular weight is 344 g/mol. The number of nitrogens with one attached hydrogen (secondary N) is 1. The molecule has 0 saturated carbocycles. The fraction of sp³-hybridized carbons (Fsp3) is 0.556. The van der Waals surface area contributed by atoms with Crippen LogP contribution in [0.5, 0.6) is 0 Å². The van der Waals surface area contributed by atoms with Gasteiger partial charge in [0.25, 0.3) is 5.91 Å². The van der Waals surface area contributed by atoms with Crippen molar-refractivity contribution < 1.29 is 9.21 Å². The fourth-order valence-corrected chi connectivity index (χ4v) is 2.97. The number of aromatic nitrogens is 3. The maximum Gasteiger partial charge on any atom is 0.345 e. The van der Waals surface area contributed by atoms with Crippen molar-refractivity contribution in [2.24, 2.45) is 5.92 Å². The molecule has 0 bridgehead atoms. The van der Waals surface area contributed by atoms with Crippen molar-refractivity contribution in [1.29, 1.82) is 0 Å². The topological polar surface area (TPSA) is 92.1 Å². The van der Waals surface area contributed by atoms with E-state index in [-0.39, 0.29) is 17.5 Å². The van der Waals surface area contributed by atoms with E-state index in [1.807, 2.05) is 13.8 Å². The number of H-pyrrole nitrogens is 1. The maximum atomic E-state index is 12.8. The van der Waals surface area contributed by atoms with Crippen LogP contribution >= 0.6 is 0 Å². The van der Waals surface area contributed by atoms with Crippen molar-refractivity contribution in [1.82, 2.24) is 19.9 Å². The Hall–Kier alpha value is -2.44. The SMILES string of the molecule is CC(C)Cc1cc(C(=O)N2CCc3oc(C(C)C)nc3C2)nc(=O)[nH]1. The summed E-state index contributed by atoms with van der Waals surface area (Å²) in [6.45, 7) is 9.09. The van der Waals surface area contributed by atoms with E-state index in [1.165, 1.54) is 0 Å². The maximum absolute atomic E-state index is 12.8. The lowest BCUT2D eigenvalue weighted by Gasteiger charge is -2.25. The van der Waals surface area contributed by atoms with E-state index in [9.17, 15) is 9.59 Å². The summed E-state index contributed by atoms with van der Waals surface area (Å²) in [5.74, 6) is 1.90. The van der Waals surface area contributed by atoms with Crippen LogP contribution in [0.15, 0.2) is 15.3 Å². The number of amides is 1. The summed E-state index contributed by atoms with van der Waals surface area (Å²) in [4.78, 5) is 37.3. The number of oxazole rings is 1. The summed E-state index contributed by atoms with van der Waals surface area (Å²) < 4.78 is 5.76. The Morgan fingerprint density at radius 3 is 2.76 bits per heavy atom. The minimum Gasteiger partial charge on any atom is -0.445 e. The first kappa shape index (κ1) is 17.4. The number of hydrogen-bond donors (Lipinski definition) is 1. The van der Waals surface area contributed by atoms with Crippen molar-refractivity contribution in [2.45, 2.75) is 53.0 Å². The number of nitrogens with zero attached hydrogens (tertiary/aromatic N) is 3. The molecule has 0 aliphatic carbocycles. The normalized spacial score (nSPS) is 14.2. The van der Waals surface area contributed by atoms with Gasteiger partial charge in [0.2, 0.25) is 0 Å². The molecule has 1 aliphatic heterocycles. The number of hydrogen-bond acceptors (Lipinski definition) is 5. The van der Waals surface area contributed by atoms with Gasteiger partial charge in [-0.25, -0.2) is 9.78 Å². The van der Waals surface area contributed by atoms with Crippen molar-refractivity contribution in [2.75, 3.05) is 6.54 Å². The van der Waals surface area contributed by atoms with E-state index >= 15 is 0 Å². The van der Waals surface area contributed by atoms with E-state index in [1.54, 1.807) is 11.0 Å². The van der Waals surface area contributed by atoms with Crippen LogP contribution in [0.3, 0.4) is 0 Å². The molecular weight excluding hydrogens is 320 g/mol. The molecule has 3 rings (SSSR count). The molecule has 1 aliphatic rings. The van der Waals surface area contributed by atoms with Crippen molar-refractivity contribution in [3.63, 3.8) is 0 Å². The van der Waals surface area contributed by atoms with Crippen molar-refractivity contribution in [3.05, 3.63) is 45.3 Å². The van der Waals surface area contributed by atoms with Crippen LogP contribution in [-0.2, 0) is 19.4 Å². The molecule has 0 fully saturated rings. The first-order chi connectivity index (χ1) is 11.8. The lowest BCUT2D eigenvalue weighted by Crippen LogP contribution is -2.37. The van der Waals surface area contributed by atoms with Crippen LogP contribution < -0.4 is 5.69 Å². The van der Waals surface area contributed by atoms with Crippen LogP contribution in [-0.4, -0.2) is 32.3 Å².